The van der Waals surface area contributed by atoms with Gasteiger partial charge in [-0.15, -0.1) is 0 Å². The van der Waals surface area contributed by atoms with Gasteiger partial charge in [-0.05, 0) is 36.2 Å². The SMILES string of the molecule is CNC(c1ccc2c(c1)COC2)c1ccc(C)c(F)c1F. The zero-order valence-corrected chi connectivity index (χ0v) is 12.0. The number of nitrogens with one attached hydrogen (secondary N) is 1. The van der Waals surface area contributed by atoms with E-state index in [0.717, 1.165) is 16.7 Å². The maximum atomic E-state index is 14.2. The molecule has 1 atom stereocenters. The standard InChI is InChI=1S/C17H17F2NO/c1-10-3-6-14(16(19)15(10)18)17(20-2)11-4-5-12-8-21-9-13(12)7-11/h3-7,17,20H,8-9H2,1-2H3. The number of fused-ring (bicyclic) bond motifs is 1. The Morgan fingerprint density at radius 2 is 1.81 bits per heavy atom. The molecule has 0 amide bonds. The monoisotopic (exact) mass is 289 g/mol. The summed E-state index contributed by atoms with van der Waals surface area (Å²) in [5.41, 5.74) is 3.81. The Hall–Kier alpha value is -1.78. The van der Waals surface area contributed by atoms with E-state index in [1.165, 1.54) is 0 Å². The van der Waals surface area contributed by atoms with Gasteiger partial charge < -0.3 is 10.1 Å². The molecule has 2 aromatic carbocycles. The number of hydrogen-bond acceptors (Lipinski definition) is 2. The van der Waals surface area contributed by atoms with Crippen molar-refractivity contribution in [3.05, 3.63) is 69.8 Å². The van der Waals surface area contributed by atoms with Crippen molar-refractivity contribution in [3.63, 3.8) is 0 Å². The first-order valence-corrected chi connectivity index (χ1v) is 6.93. The van der Waals surface area contributed by atoms with E-state index in [-0.39, 0.29) is 6.04 Å². The summed E-state index contributed by atoms with van der Waals surface area (Å²) in [7, 11) is 1.74. The van der Waals surface area contributed by atoms with Crippen LogP contribution in [0.25, 0.3) is 0 Å². The normalized spacial score (nSPS) is 15.0. The summed E-state index contributed by atoms with van der Waals surface area (Å²) in [6.07, 6.45) is 0. The highest BCUT2D eigenvalue weighted by Gasteiger charge is 2.21. The smallest absolute Gasteiger partial charge is 0.164 e. The molecular weight excluding hydrogens is 272 g/mol. The molecule has 1 N–H and O–H groups in total. The number of ether oxygens (including phenoxy) is 1. The zero-order chi connectivity index (χ0) is 15.0. The third-order valence-corrected chi connectivity index (χ3v) is 3.98. The molecule has 2 nitrogen and oxygen atoms in total. The van der Waals surface area contributed by atoms with Crippen molar-refractivity contribution in [1.29, 1.82) is 0 Å². The second-order valence-electron chi connectivity index (χ2n) is 5.34. The van der Waals surface area contributed by atoms with Crippen LogP contribution in [-0.2, 0) is 18.0 Å². The fraction of sp³-hybridized carbons (Fsp3) is 0.294. The van der Waals surface area contributed by atoms with Crippen LogP contribution in [0, 0.1) is 18.6 Å². The summed E-state index contributed by atoms with van der Waals surface area (Å²) in [5.74, 6) is -1.57. The molecule has 0 radical (unpaired) electrons. The fourth-order valence-electron chi connectivity index (χ4n) is 2.76. The number of benzene rings is 2. The number of rotatable bonds is 3. The molecule has 1 heterocycles. The molecule has 1 aliphatic heterocycles. The second kappa shape index (κ2) is 5.54. The van der Waals surface area contributed by atoms with Gasteiger partial charge in [0.15, 0.2) is 11.6 Å². The van der Waals surface area contributed by atoms with Crippen molar-refractivity contribution in [2.24, 2.45) is 0 Å². The van der Waals surface area contributed by atoms with Gasteiger partial charge in [0.05, 0.1) is 19.3 Å². The molecule has 3 rings (SSSR count). The average molecular weight is 289 g/mol. The average Bonchev–Trinajstić information content (AvgIpc) is 2.95. The van der Waals surface area contributed by atoms with Crippen molar-refractivity contribution in [2.75, 3.05) is 7.05 Å². The van der Waals surface area contributed by atoms with Gasteiger partial charge in [-0.25, -0.2) is 8.78 Å². The third kappa shape index (κ3) is 2.45. The lowest BCUT2D eigenvalue weighted by atomic mass is 9.94. The lowest BCUT2D eigenvalue weighted by Gasteiger charge is -2.19. The summed E-state index contributed by atoms with van der Waals surface area (Å²) >= 11 is 0. The molecule has 0 saturated carbocycles. The molecule has 1 unspecified atom stereocenters. The molecule has 4 heteroatoms. The largest absolute Gasteiger partial charge is 0.372 e. The fourth-order valence-corrected chi connectivity index (χ4v) is 2.76. The predicted molar refractivity (Wildman–Crippen MR) is 76.9 cm³/mol. The highest BCUT2D eigenvalue weighted by atomic mass is 19.2. The first kappa shape index (κ1) is 14.2. The molecule has 2 aromatic rings. The van der Waals surface area contributed by atoms with Crippen LogP contribution in [-0.4, -0.2) is 7.05 Å². The molecule has 0 fully saturated rings. The minimum Gasteiger partial charge on any atom is -0.372 e. The molecule has 0 spiro atoms. The molecule has 21 heavy (non-hydrogen) atoms. The van der Waals surface area contributed by atoms with Crippen LogP contribution in [0.1, 0.15) is 33.9 Å². The van der Waals surface area contributed by atoms with Crippen LogP contribution in [0.15, 0.2) is 30.3 Å². The minimum atomic E-state index is -0.786. The Kier molecular flexibility index (Phi) is 3.74. The van der Waals surface area contributed by atoms with Crippen LogP contribution in [0.4, 0.5) is 8.78 Å². The summed E-state index contributed by atoms with van der Waals surface area (Å²) < 4.78 is 33.4. The molecule has 0 aliphatic carbocycles. The minimum absolute atomic E-state index is 0.313. The van der Waals surface area contributed by atoms with Gasteiger partial charge in [-0.2, -0.15) is 0 Å². The highest BCUT2D eigenvalue weighted by Crippen LogP contribution is 2.30. The lowest BCUT2D eigenvalue weighted by molar-refractivity contribution is 0.134. The van der Waals surface area contributed by atoms with Gasteiger partial charge in [0.2, 0.25) is 0 Å². The van der Waals surface area contributed by atoms with Crippen molar-refractivity contribution >= 4 is 0 Å². The van der Waals surface area contributed by atoms with E-state index in [1.807, 2.05) is 18.2 Å². The van der Waals surface area contributed by atoms with Gasteiger partial charge in [-0.3, -0.25) is 0 Å². The quantitative estimate of drug-likeness (QED) is 0.932. The number of hydrogen-bond donors (Lipinski definition) is 1. The van der Waals surface area contributed by atoms with E-state index < -0.39 is 11.6 Å². The van der Waals surface area contributed by atoms with Crippen LogP contribution in [0.5, 0.6) is 0 Å². The molecule has 0 bridgehead atoms. The summed E-state index contributed by atoms with van der Waals surface area (Å²) in [6, 6.07) is 8.79. The highest BCUT2D eigenvalue weighted by molar-refractivity contribution is 5.40. The van der Waals surface area contributed by atoms with Crippen molar-refractivity contribution in [2.45, 2.75) is 26.2 Å². The Bertz CT molecular complexity index is 685. The summed E-state index contributed by atoms with van der Waals surface area (Å²) in [4.78, 5) is 0. The second-order valence-corrected chi connectivity index (χ2v) is 5.34. The van der Waals surface area contributed by atoms with Crippen molar-refractivity contribution < 1.29 is 13.5 Å². The van der Waals surface area contributed by atoms with E-state index in [9.17, 15) is 8.78 Å². The predicted octanol–water partition coefficient (Wildman–Crippen LogP) is 3.61. The van der Waals surface area contributed by atoms with Crippen molar-refractivity contribution in [3.8, 4) is 0 Å². The Morgan fingerprint density at radius 1 is 1.05 bits per heavy atom. The van der Waals surface area contributed by atoms with Gasteiger partial charge in [0.25, 0.3) is 0 Å². The Labute approximate surface area is 122 Å². The first-order chi connectivity index (χ1) is 10.1. The van der Waals surface area contributed by atoms with Gasteiger partial charge >= 0.3 is 0 Å². The third-order valence-electron chi connectivity index (χ3n) is 3.98. The summed E-state index contributed by atoms with van der Waals surface area (Å²) in [5, 5.41) is 3.07. The maximum Gasteiger partial charge on any atom is 0.164 e. The molecule has 110 valence electrons. The molecule has 1 aliphatic rings. The van der Waals surface area contributed by atoms with Crippen LogP contribution < -0.4 is 5.32 Å². The number of aryl methyl sites for hydroxylation is 1. The topological polar surface area (TPSA) is 21.3 Å². The van der Waals surface area contributed by atoms with E-state index in [4.69, 9.17) is 4.74 Å². The molecule has 0 aromatic heterocycles. The van der Waals surface area contributed by atoms with Crippen LogP contribution >= 0.6 is 0 Å². The summed E-state index contributed by atoms with van der Waals surface area (Å²) in [6.45, 7) is 2.75. The zero-order valence-electron chi connectivity index (χ0n) is 12.0. The van der Waals surface area contributed by atoms with E-state index >= 15 is 0 Å². The molecular formula is C17H17F2NO. The Morgan fingerprint density at radius 3 is 2.57 bits per heavy atom. The van der Waals surface area contributed by atoms with Gasteiger partial charge in [0.1, 0.15) is 0 Å². The van der Waals surface area contributed by atoms with E-state index in [2.05, 4.69) is 5.32 Å². The maximum absolute atomic E-state index is 14.2. The van der Waals surface area contributed by atoms with Gasteiger partial charge in [0, 0.05) is 5.56 Å². The van der Waals surface area contributed by atoms with Crippen LogP contribution in [0.3, 0.4) is 0 Å². The van der Waals surface area contributed by atoms with E-state index in [0.29, 0.717) is 24.3 Å². The number of halogens is 2. The van der Waals surface area contributed by atoms with E-state index in [1.54, 1.807) is 26.1 Å². The lowest BCUT2D eigenvalue weighted by Crippen LogP contribution is -2.20. The van der Waals surface area contributed by atoms with Crippen molar-refractivity contribution in [1.82, 2.24) is 5.32 Å². The molecule has 0 saturated heterocycles. The van der Waals surface area contributed by atoms with Gasteiger partial charge in [-0.1, -0.05) is 30.3 Å². The van der Waals surface area contributed by atoms with Crippen LogP contribution in [0.2, 0.25) is 0 Å². The first-order valence-electron chi connectivity index (χ1n) is 6.93. The Balaban J connectivity index is 2.05.